The average Bonchev–Trinajstić information content (AvgIpc) is 3.33. The molecule has 1 amide bonds. The van der Waals surface area contributed by atoms with E-state index in [1.165, 1.54) is 27.6 Å². The van der Waals surface area contributed by atoms with Crippen LogP contribution in [-0.2, 0) is 27.7 Å². The summed E-state index contributed by atoms with van der Waals surface area (Å²) < 4.78 is 27.9. The van der Waals surface area contributed by atoms with Crippen molar-refractivity contribution >= 4 is 32.4 Å². The normalized spacial score (nSPS) is 17.5. The van der Waals surface area contributed by atoms with Gasteiger partial charge in [0, 0.05) is 24.6 Å². The molecule has 0 atom stereocenters. The van der Waals surface area contributed by atoms with Crippen molar-refractivity contribution in [3.8, 4) is 10.6 Å². The number of hydrogen-bond acceptors (Lipinski definition) is 6. The number of aromatic nitrogens is 2. The highest BCUT2D eigenvalue weighted by Crippen LogP contribution is 2.30. The predicted octanol–water partition coefficient (Wildman–Crippen LogP) is 4.12. The van der Waals surface area contributed by atoms with Crippen molar-refractivity contribution < 1.29 is 13.2 Å². The van der Waals surface area contributed by atoms with E-state index in [1.807, 2.05) is 42.5 Å². The second-order valence-corrected chi connectivity index (χ2v) is 11.5. The lowest BCUT2D eigenvalue weighted by Crippen LogP contribution is -2.41. The molecule has 2 heterocycles. The number of carbonyl (C=O) groups is 1. The van der Waals surface area contributed by atoms with Crippen LogP contribution in [-0.4, -0.2) is 41.9 Å². The van der Waals surface area contributed by atoms with Gasteiger partial charge >= 0.3 is 0 Å². The fourth-order valence-electron chi connectivity index (χ4n) is 4.56. The fraction of sp³-hybridized carbons (Fsp3) is 0.375. The number of sulfonamides is 1. The number of nitrogens with one attached hydrogen (secondary N) is 1. The third kappa shape index (κ3) is 4.71. The van der Waals surface area contributed by atoms with Gasteiger partial charge in [-0.2, -0.15) is 4.31 Å². The van der Waals surface area contributed by atoms with Crippen molar-refractivity contribution in [3.63, 3.8) is 0 Å². The van der Waals surface area contributed by atoms with Gasteiger partial charge in [-0.25, -0.2) is 8.42 Å². The van der Waals surface area contributed by atoms with Crippen molar-refractivity contribution in [2.75, 3.05) is 18.4 Å². The maximum absolute atomic E-state index is 13.2. The third-order valence-corrected chi connectivity index (χ3v) is 9.24. The summed E-state index contributed by atoms with van der Waals surface area (Å²) in [5.41, 5.74) is 3.38. The zero-order valence-electron chi connectivity index (χ0n) is 18.2. The molecule has 33 heavy (non-hydrogen) atoms. The standard InChI is InChI=1S/C24H26N4O3S2/c29-22(25-24-27-26-23(32-24)19-7-2-1-3-8-19)18-12-14-28(15-13-18)33(30,31)21-11-10-17-6-4-5-9-20(17)16-21/h1-3,7-8,10-11,16,18H,4-6,9,12-15H2,(H,25,27,29). The molecule has 1 saturated heterocycles. The topological polar surface area (TPSA) is 92.3 Å². The van der Waals surface area contributed by atoms with E-state index in [-0.39, 0.29) is 11.8 Å². The molecule has 1 aliphatic heterocycles. The Morgan fingerprint density at radius 1 is 0.970 bits per heavy atom. The average molecular weight is 483 g/mol. The molecule has 7 nitrogen and oxygen atoms in total. The Morgan fingerprint density at radius 3 is 2.45 bits per heavy atom. The van der Waals surface area contributed by atoms with Gasteiger partial charge in [-0.15, -0.1) is 10.2 Å². The van der Waals surface area contributed by atoms with Gasteiger partial charge in [0.25, 0.3) is 0 Å². The van der Waals surface area contributed by atoms with Crippen LogP contribution >= 0.6 is 11.3 Å². The molecule has 172 valence electrons. The second-order valence-electron chi connectivity index (χ2n) is 8.58. The first-order valence-electron chi connectivity index (χ1n) is 11.3. The van der Waals surface area contributed by atoms with E-state index in [0.29, 0.717) is 36.0 Å². The molecule has 0 saturated carbocycles. The third-order valence-electron chi connectivity index (χ3n) is 6.46. The number of nitrogens with zero attached hydrogens (tertiary/aromatic N) is 3. The number of anilines is 1. The second kappa shape index (κ2) is 9.32. The zero-order valence-corrected chi connectivity index (χ0v) is 19.9. The van der Waals surface area contributed by atoms with Crippen molar-refractivity contribution in [2.24, 2.45) is 5.92 Å². The molecular weight excluding hydrogens is 456 g/mol. The van der Waals surface area contributed by atoms with Crippen LogP contribution in [0.25, 0.3) is 10.6 Å². The van der Waals surface area contributed by atoms with E-state index in [4.69, 9.17) is 0 Å². The van der Waals surface area contributed by atoms with Crippen LogP contribution in [0.5, 0.6) is 0 Å². The highest BCUT2D eigenvalue weighted by atomic mass is 32.2. The Bertz CT molecular complexity index is 1250. The van der Waals surface area contributed by atoms with Gasteiger partial charge in [-0.05, 0) is 61.8 Å². The molecule has 1 aromatic heterocycles. The maximum Gasteiger partial charge on any atom is 0.243 e. The SMILES string of the molecule is O=C(Nc1nnc(-c2ccccc2)s1)C1CCN(S(=O)(=O)c2ccc3c(c2)CCCC3)CC1. The first-order valence-corrected chi connectivity index (χ1v) is 13.6. The Hall–Kier alpha value is -2.62. The van der Waals surface area contributed by atoms with Crippen LogP contribution in [0.3, 0.4) is 0 Å². The molecule has 0 radical (unpaired) electrons. The number of fused-ring (bicyclic) bond motifs is 1. The van der Waals surface area contributed by atoms with E-state index in [2.05, 4.69) is 15.5 Å². The van der Waals surface area contributed by atoms with E-state index in [9.17, 15) is 13.2 Å². The predicted molar refractivity (Wildman–Crippen MR) is 129 cm³/mol. The van der Waals surface area contributed by atoms with E-state index < -0.39 is 10.0 Å². The Balaban J connectivity index is 1.20. The summed E-state index contributed by atoms with van der Waals surface area (Å²) in [5.74, 6) is -0.374. The van der Waals surface area contributed by atoms with Gasteiger partial charge in [0.1, 0.15) is 5.01 Å². The number of carbonyl (C=O) groups excluding carboxylic acids is 1. The number of piperidine rings is 1. The molecule has 2 aromatic carbocycles. The van der Waals surface area contributed by atoms with E-state index in [0.717, 1.165) is 35.4 Å². The first kappa shape index (κ1) is 22.2. The van der Waals surface area contributed by atoms with Crippen LogP contribution in [0.2, 0.25) is 0 Å². The highest BCUT2D eigenvalue weighted by molar-refractivity contribution is 7.89. The summed E-state index contributed by atoms with van der Waals surface area (Å²) in [4.78, 5) is 13.1. The lowest BCUT2D eigenvalue weighted by molar-refractivity contribution is -0.120. The minimum Gasteiger partial charge on any atom is -0.300 e. The highest BCUT2D eigenvalue weighted by Gasteiger charge is 2.33. The van der Waals surface area contributed by atoms with Crippen LogP contribution in [0.4, 0.5) is 5.13 Å². The summed E-state index contributed by atoms with van der Waals surface area (Å²) in [7, 11) is -3.55. The summed E-state index contributed by atoms with van der Waals surface area (Å²) in [5, 5.41) is 12.3. The summed E-state index contributed by atoms with van der Waals surface area (Å²) in [6.45, 7) is 0.672. The van der Waals surface area contributed by atoms with Gasteiger partial charge < -0.3 is 5.32 Å². The van der Waals surface area contributed by atoms with Crippen molar-refractivity contribution in [2.45, 2.75) is 43.4 Å². The van der Waals surface area contributed by atoms with Crippen LogP contribution < -0.4 is 5.32 Å². The Kier molecular flexibility index (Phi) is 6.27. The Labute approximate surface area is 197 Å². The molecular formula is C24H26N4O3S2. The molecule has 2 aliphatic rings. The lowest BCUT2D eigenvalue weighted by atomic mass is 9.92. The number of benzene rings is 2. The fourth-order valence-corrected chi connectivity index (χ4v) is 6.83. The molecule has 1 N–H and O–H groups in total. The molecule has 0 bridgehead atoms. The number of hydrogen-bond donors (Lipinski definition) is 1. The van der Waals surface area contributed by atoms with Crippen molar-refractivity contribution in [1.29, 1.82) is 0 Å². The van der Waals surface area contributed by atoms with Crippen LogP contribution in [0.15, 0.2) is 53.4 Å². The number of aryl methyl sites for hydroxylation is 2. The van der Waals surface area contributed by atoms with Gasteiger partial charge in [0.05, 0.1) is 4.90 Å². The monoisotopic (exact) mass is 482 g/mol. The molecule has 0 unspecified atom stereocenters. The lowest BCUT2D eigenvalue weighted by Gasteiger charge is -2.30. The molecule has 9 heteroatoms. The van der Waals surface area contributed by atoms with Gasteiger partial charge in [0.2, 0.25) is 21.1 Å². The summed E-state index contributed by atoms with van der Waals surface area (Å²) in [6, 6.07) is 15.2. The molecule has 3 aromatic rings. The smallest absolute Gasteiger partial charge is 0.243 e. The zero-order chi connectivity index (χ0) is 22.8. The molecule has 1 aliphatic carbocycles. The molecule has 5 rings (SSSR count). The largest absolute Gasteiger partial charge is 0.300 e. The Morgan fingerprint density at radius 2 is 1.70 bits per heavy atom. The summed E-state index contributed by atoms with van der Waals surface area (Å²) >= 11 is 1.33. The molecule has 1 fully saturated rings. The number of amides is 1. The molecule has 0 spiro atoms. The van der Waals surface area contributed by atoms with E-state index >= 15 is 0 Å². The van der Waals surface area contributed by atoms with Gasteiger partial charge in [-0.1, -0.05) is 47.7 Å². The minimum atomic E-state index is -3.55. The van der Waals surface area contributed by atoms with Crippen LogP contribution in [0, 0.1) is 5.92 Å². The van der Waals surface area contributed by atoms with Crippen molar-refractivity contribution in [1.82, 2.24) is 14.5 Å². The minimum absolute atomic E-state index is 0.128. The number of rotatable bonds is 5. The first-order chi connectivity index (χ1) is 16.0. The van der Waals surface area contributed by atoms with Crippen molar-refractivity contribution in [3.05, 3.63) is 59.7 Å². The van der Waals surface area contributed by atoms with Gasteiger partial charge in [-0.3, -0.25) is 4.79 Å². The van der Waals surface area contributed by atoms with E-state index in [1.54, 1.807) is 6.07 Å². The summed E-state index contributed by atoms with van der Waals surface area (Å²) in [6.07, 6.45) is 5.22. The maximum atomic E-state index is 13.2. The van der Waals surface area contributed by atoms with Crippen LogP contribution in [0.1, 0.15) is 36.8 Å². The quantitative estimate of drug-likeness (QED) is 0.591. The van der Waals surface area contributed by atoms with Gasteiger partial charge in [0.15, 0.2) is 0 Å².